The maximum atomic E-state index is 12.2. The largest absolute Gasteiger partial charge is 0.378 e. The average molecular weight is 280 g/mol. The van der Waals surface area contributed by atoms with Crippen molar-refractivity contribution in [1.82, 2.24) is 10.2 Å². The third-order valence-corrected chi connectivity index (χ3v) is 4.22. The monoisotopic (exact) mass is 280 g/mol. The van der Waals surface area contributed by atoms with Crippen molar-refractivity contribution in [3.8, 4) is 0 Å². The Morgan fingerprint density at radius 3 is 3.10 bits per heavy atom. The van der Waals surface area contributed by atoms with Crippen molar-refractivity contribution >= 4 is 5.91 Å². The van der Waals surface area contributed by atoms with Gasteiger partial charge in [-0.2, -0.15) is 0 Å². The van der Waals surface area contributed by atoms with Crippen LogP contribution in [0.2, 0.25) is 0 Å². The van der Waals surface area contributed by atoms with Crippen molar-refractivity contribution in [1.29, 1.82) is 0 Å². The molecule has 0 saturated carbocycles. The maximum absolute atomic E-state index is 12.2. The number of rotatable bonds is 6. The summed E-state index contributed by atoms with van der Waals surface area (Å²) in [6.07, 6.45) is 9.82. The Kier molecular flexibility index (Phi) is 6.54. The lowest BCUT2D eigenvalue weighted by molar-refractivity contribution is -0.130. The first-order valence-electron chi connectivity index (χ1n) is 8.06. The van der Waals surface area contributed by atoms with E-state index in [1.54, 1.807) is 0 Å². The molecule has 1 N–H and O–H groups in total. The van der Waals surface area contributed by atoms with E-state index < -0.39 is 0 Å². The van der Waals surface area contributed by atoms with Crippen molar-refractivity contribution in [3.63, 3.8) is 0 Å². The number of nitrogens with zero attached hydrogens (tertiary/aromatic N) is 1. The number of amides is 1. The number of ether oxygens (including phenoxy) is 1. The molecule has 0 radical (unpaired) electrons. The second-order valence-electron chi connectivity index (χ2n) is 5.85. The van der Waals surface area contributed by atoms with Crippen LogP contribution in [0.3, 0.4) is 0 Å². The van der Waals surface area contributed by atoms with Gasteiger partial charge in [0.2, 0.25) is 5.91 Å². The Bertz CT molecular complexity index is 328. The summed E-state index contributed by atoms with van der Waals surface area (Å²) in [5.41, 5.74) is 0. The normalized spacial score (nSPS) is 27.4. The third kappa shape index (κ3) is 4.91. The topological polar surface area (TPSA) is 41.6 Å². The van der Waals surface area contributed by atoms with Gasteiger partial charge < -0.3 is 10.1 Å². The standard InChI is InChI=1S/C16H28N2O2/c1-2-6-15-13-14(7-12-20-15)16(19)17-8-11-18-9-4-3-5-10-18/h3-4,14-15H,2,5-13H2,1H3,(H,17,19)/t14-,15+/m0/s1. The van der Waals surface area contributed by atoms with Gasteiger partial charge in [-0.15, -0.1) is 0 Å². The van der Waals surface area contributed by atoms with Crippen molar-refractivity contribution in [2.75, 3.05) is 32.8 Å². The molecule has 2 rings (SSSR count). The molecule has 0 aromatic rings. The summed E-state index contributed by atoms with van der Waals surface area (Å²) in [6.45, 7) is 6.76. The molecule has 0 bridgehead atoms. The number of hydrogen-bond acceptors (Lipinski definition) is 3. The van der Waals surface area contributed by atoms with E-state index in [2.05, 4.69) is 29.3 Å². The van der Waals surface area contributed by atoms with Crippen LogP contribution in [0.4, 0.5) is 0 Å². The van der Waals surface area contributed by atoms with Gasteiger partial charge in [0.15, 0.2) is 0 Å². The molecule has 2 aliphatic heterocycles. The molecule has 4 heteroatoms. The third-order valence-electron chi connectivity index (χ3n) is 4.22. The maximum Gasteiger partial charge on any atom is 0.223 e. The first-order chi connectivity index (χ1) is 9.79. The number of carbonyl (C=O) groups excluding carboxylic acids is 1. The molecule has 2 aliphatic rings. The fraction of sp³-hybridized carbons (Fsp3) is 0.812. The van der Waals surface area contributed by atoms with E-state index in [0.29, 0.717) is 0 Å². The molecule has 2 atom stereocenters. The first kappa shape index (κ1) is 15.5. The van der Waals surface area contributed by atoms with E-state index in [-0.39, 0.29) is 17.9 Å². The number of carbonyl (C=O) groups is 1. The van der Waals surface area contributed by atoms with E-state index in [1.165, 1.54) is 0 Å². The molecule has 4 nitrogen and oxygen atoms in total. The molecule has 0 aromatic heterocycles. The molecule has 1 amide bonds. The Labute approximate surface area is 122 Å². The summed E-state index contributed by atoms with van der Waals surface area (Å²) >= 11 is 0. The summed E-state index contributed by atoms with van der Waals surface area (Å²) in [5.74, 6) is 0.378. The SMILES string of the molecule is CCC[C@@H]1C[C@@H](C(=O)NCCN2CC=CCC2)CCO1. The highest BCUT2D eigenvalue weighted by Gasteiger charge is 2.27. The summed E-state index contributed by atoms with van der Waals surface area (Å²) in [7, 11) is 0. The molecular formula is C16H28N2O2. The molecule has 0 unspecified atom stereocenters. The molecule has 0 aliphatic carbocycles. The van der Waals surface area contributed by atoms with E-state index in [0.717, 1.165) is 64.9 Å². The van der Waals surface area contributed by atoms with Gasteiger partial charge in [-0.25, -0.2) is 0 Å². The minimum atomic E-state index is 0.154. The van der Waals surface area contributed by atoms with E-state index in [4.69, 9.17) is 4.74 Å². The van der Waals surface area contributed by atoms with Crippen LogP contribution in [0.1, 0.15) is 39.0 Å². The lowest BCUT2D eigenvalue weighted by Gasteiger charge is -2.29. The summed E-state index contributed by atoms with van der Waals surface area (Å²) in [5, 5.41) is 3.10. The van der Waals surface area contributed by atoms with Crippen molar-refractivity contribution in [2.24, 2.45) is 5.92 Å². The quantitative estimate of drug-likeness (QED) is 0.756. The zero-order chi connectivity index (χ0) is 14.2. The van der Waals surface area contributed by atoms with Crippen LogP contribution in [0.25, 0.3) is 0 Å². The Hall–Kier alpha value is -0.870. The zero-order valence-electron chi connectivity index (χ0n) is 12.6. The Balaban J connectivity index is 1.64. The summed E-state index contributed by atoms with van der Waals surface area (Å²) in [4.78, 5) is 14.6. The van der Waals surface area contributed by atoms with Crippen LogP contribution in [-0.4, -0.2) is 49.7 Å². The predicted octanol–water partition coefficient (Wildman–Crippen LogP) is 1.96. The highest BCUT2D eigenvalue weighted by atomic mass is 16.5. The molecule has 1 fully saturated rings. The molecular weight excluding hydrogens is 252 g/mol. The molecule has 1 saturated heterocycles. The number of hydrogen-bond donors (Lipinski definition) is 1. The van der Waals surface area contributed by atoms with Crippen LogP contribution in [0.5, 0.6) is 0 Å². The first-order valence-corrected chi connectivity index (χ1v) is 8.06. The fourth-order valence-electron chi connectivity index (χ4n) is 3.02. The van der Waals surface area contributed by atoms with Gasteiger partial charge in [0.1, 0.15) is 0 Å². The second-order valence-corrected chi connectivity index (χ2v) is 5.85. The molecule has 2 heterocycles. The van der Waals surface area contributed by atoms with Crippen molar-refractivity contribution in [3.05, 3.63) is 12.2 Å². The van der Waals surface area contributed by atoms with Crippen LogP contribution in [0.15, 0.2) is 12.2 Å². The van der Waals surface area contributed by atoms with Gasteiger partial charge in [-0.05, 0) is 25.7 Å². The smallest absolute Gasteiger partial charge is 0.223 e. The van der Waals surface area contributed by atoms with Gasteiger partial charge in [-0.3, -0.25) is 9.69 Å². The van der Waals surface area contributed by atoms with Gasteiger partial charge in [0.05, 0.1) is 6.10 Å². The molecule has 20 heavy (non-hydrogen) atoms. The lowest BCUT2D eigenvalue weighted by atomic mass is 9.93. The average Bonchev–Trinajstić information content (AvgIpc) is 2.49. The molecule has 114 valence electrons. The van der Waals surface area contributed by atoms with Gasteiger partial charge in [0.25, 0.3) is 0 Å². The zero-order valence-corrected chi connectivity index (χ0v) is 12.6. The Morgan fingerprint density at radius 1 is 1.45 bits per heavy atom. The highest BCUT2D eigenvalue weighted by Crippen LogP contribution is 2.23. The minimum absolute atomic E-state index is 0.154. The van der Waals surface area contributed by atoms with Crippen molar-refractivity contribution in [2.45, 2.75) is 45.1 Å². The minimum Gasteiger partial charge on any atom is -0.378 e. The molecule has 0 spiro atoms. The van der Waals surface area contributed by atoms with E-state index in [9.17, 15) is 4.79 Å². The fourth-order valence-corrected chi connectivity index (χ4v) is 3.02. The predicted molar refractivity (Wildman–Crippen MR) is 80.6 cm³/mol. The van der Waals surface area contributed by atoms with E-state index in [1.807, 2.05) is 0 Å². The Morgan fingerprint density at radius 2 is 2.35 bits per heavy atom. The lowest BCUT2D eigenvalue weighted by Crippen LogP contribution is -2.41. The molecule has 0 aromatic carbocycles. The highest BCUT2D eigenvalue weighted by molar-refractivity contribution is 5.78. The van der Waals surface area contributed by atoms with Gasteiger partial charge in [-0.1, -0.05) is 25.5 Å². The summed E-state index contributed by atoms with van der Waals surface area (Å²) in [6, 6.07) is 0. The van der Waals surface area contributed by atoms with Crippen LogP contribution >= 0.6 is 0 Å². The second kappa shape index (κ2) is 8.42. The number of nitrogens with one attached hydrogen (secondary N) is 1. The summed E-state index contributed by atoms with van der Waals surface area (Å²) < 4.78 is 5.70. The van der Waals surface area contributed by atoms with Crippen LogP contribution in [-0.2, 0) is 9.53 Å². The van der Waals surface area contributed by atoms with E-state index >= 15 is 0 Å². The van der Waals surface area contributed by atoms with Crippen LogP contribution < -0.4 is 5.32 Å². The van der Waals surface area contributed by atoms with Crippen LogP contribution in [0, 0.1) is 5.92 Å². The van der Waals surface area contributed by atoms with Gasteiger partial charge in [0, 0.05) is 38.7 Å². The van der Waals surface area contributed by atoms with Gasteiger partial charge >= 0.3 is 0 Å². The van der Waals surface area contributed by atoms with Crippen molar-refractivity contribution < 1.29 is 9.53 Å².